The van der Waals surface area contributed by atoms with E-state index in [4.69, 9.17) is 5.73 Å². The van der Waals surface area contributed by atoms with Crippen LogP contribution in [0.15, 0.2) is 51.4 Å². The molecule has 2 rings (SSSR count). The van der Waals surface area contributed by atoms with Crippen LogP contribution in [0.2, 0.25) is 0 Å². The second-order valence-corrected chi connectivity index (χ2v) is 6.38. The molecule has 4 nitrogen and oxygen atoms in total. The SMILES string of the molecule is CC(N)c1ccc(NC(=O)Nc2cc(Br)ccc2Br)cc1. The second-order valence-electron chi connectivity index (χ2n) is 4.61. The van der Waals surface area contributed by atoms with Crippen LogP contribution in [0.4, 0.5) is 16.2 Å². The number of benzene rings is 2. The first-order valence-electron chi connectivity index (χ1n) is 6.34. The van der Waals surface area contributed by atoms with Crippen LogP contribution < -0.4 is 16.4 Å². The van der Waals surface area contributed by atoms with Gasteiger partial charge in [-0.2, -0.15) is 0 Å². The quantitative estimate of drug-likeness (QED) is 0.672. The van der Waals surface area contributed by atoms with E-state index in [0.29, 0.717) is 11.4 Å². The molecule has 0 spiro atoms. The number of anilines is 2. The van der Waals surface area contributed by atoms with E-state index in [9.17, 15) is 4.79 Å². The van der Waals surface area contributed by atoms with Crippen molar-refractivity contribution < 1.29 is 4.79 Å². The average Bonchev–Trinajstić information content (AvgIpc) is 2.43. The Morgan fingerprint density at radius 1 is 1.10 bits per heavy atom. The summed E-state index contributed by atoms with van der Waals surface area (Å²) in [5, 5.41) is 5.56. The topological polar surface area (TPSA) is 67.1 Å². The summed E-state index contributed by atoms with van der Waals surface area (Å²) in [6.45, 7) is 1.92. The average molecular weight is 413 g/mol. The lowest BCUT2D eigenvalue weighted by molar-refractivity contribution is 0.262. The van der Waals surface area contributed by atoms with Crippen molar-refractivity contribution in [2.24, 2.45) is 5.73 Å². The molecule has 0 heterocycles. The van der Waals surface area contributed by atoms with E-state index in [2.05, 4.69) is 42.5 Å². The van der Waals surface area contributed by atoms with Gasteiger partial charge < -0.3 is 16.4 Å². The largest absolute Gasteiger partial charge is 0.324 e. The monoisotopic (exact) mass is 411 g/mol. The maximum Gasteiger partial charge on any atom is 0.323 e. The van der Waals surface area contributed by atoms with E-state index < -0.39 is 0 Å². The number of nitrogens with one attached hydrogen (secondary N) is 2. The first-order chi connectivity index (χ1) is 9.95. The van der Waals surface area contributed by atoms with Gasteiger partial charge in [-0.05, 0) is 58.7 Å². The molecule has 1 atom stereocenters. The zero-order valence-corrected chi connectivity index (χ0v) is 14.5. The minimum atomic E-state index is -0.303. The van der Waals surface area contributed by atoms with Crippen LogP contribution in [0.5, 0.6) is 0 Å². The van der Waals surface area contributed by atoms with Gasteiger partial charge in [-0.1, -0.05) is 28.1 Å². The van der Waals surface area contributed by atoms with Gasteiger partial charge in [0.05, 0.1) is 5.69 Å². The third-order valence-corrected chi connectivity index (χ3v) is 4.06. The molecule has 2 aromatic rings. The minimum absolute atomic E-state index is 0.0227. The highest BCUT2D eigenvalue weighted by Crippen LogP contribution is 2.26. The van der Waals surface area contributed by atoms with Gasteiger partial charge in [0.25, 0.3) is 0 Å². The first kappa shape index (κ1) is 16.0. The Hall–Kier alpha value is -1.37. The van der Waals surface area contributed by atoms with Gasteiger partial charge in [-0.25, -0.2) is 4.79 Å². The number of carbonyl (C=O) groups excluding carboxylic acids is 1. The van der Waals surface area contributed by atoms with Crippen molar-refractivity contribution in [2.45, 2.75) is 13.0 Å². The van der Waals surface area contributed by atoms with Crippen LogP contribution in [0.3, 0.4) is 0 Å². The molecule has 21 heavy (non-hydrogen) atoms. The third kappa shape index (κ3) is 4.56. The van der Waals surface area contributed by atoms with Gasteiger partial charge >= 0.3 is 6.03 Å². The van der Waals surface area contributed by atoms with Crippen molar-refractivity contribution in [2.75, 3.05) is 10.6 Å². The lowest BCUT2D eigenvalue weighted by Crippen LogP contribution is -2.19. The molecular formula is C15H15Br2N3O. The number of hydrogen-bond donors (Lipinski definition) is 3. The molecule has 0 aromatic heterocycles. The molecule has 0 aliphatic rings. The zero-order valence-electron chi connectivity index (χ0n) is 11.4. The summed E-state index contributed by atoms with van der Waals surface area (Å²) in [6, 6.07) is 12.7. The summed E-state index contributed by atoms with van der Waals surface area (Å²) in [4.78, 5) is 12.0. The van der Waals surface area contributed by atoms with E-state index in [-0.39, 0.29) is 12.1 Å². The Morgan fingerprint density at radius 2 is 1.76 bits per heavy atom. The summed E-state index contributed by atoms with van der Waals surface area (Å²) < 4.78 is 1.70. The van der Waals surface area contributed by atoms with Crippen molar-refractivity contribution in [1.29, 1.82) is 0 Å². The normalized spacial score (nSPS) is 11.8. The van der Waals surface area contributed by atoms with Crippen LogP contribution in [-0.4, -0.2) is 6.03 Å². The zero-order chi connectivity index (χ0) is 15.4. The molecule has 4 N–H and O–H groups in total. The van der Waals surface area contributed by atoms with Crippen molar-refractivity contribution in [3.05, 3.63) is 57.0 Å². The molecule has 0 saturated carbocycles. The number of amides is 2. The van der Waals surface area contributed by atoms with E-state index in [1.165, 1.54) is 0 Å². The molecule has 0 aliphatic heterocycles. The van der Waals surface area contributed by atoms with Gasteiger partial charge in [-0.15, -0.1) is 0 Å². The molecule has 1 unspecified atom stereocenters. The first-order valence-corrected chi connectivity index (χ1v) is 7.93. The third-order valence-electron chi connectivity index (χ3n) is 2.87. The fourth-order valence-corrected chi connectivity index (χ4v) is 2.45. The number of nitrogens with two attached hydrogens (primary N) is 1. The predicted octanol–water partition coefficient (Wildman–Crippen LogP) is 4.88. The Kier molecular flexibility index (Phi) is 5.39. The maximum atomic E-state index is 12.0. The Balaban J connectivity index is 2.03. The summed E-state index contributed by atoms with van der Waals surface area (Å²) >= 11 is 6.76. The molecule has 110 valence electrons. The predicted molar refractivity (Wildman–Crippen MR) is 93.5 cm³/mol. The van der Waals surface area contributed by atoms with Gasteiger partial charge in [0.15, 0.2) is 0 Å². The van der Waals surface area contributed by atoms with Crippen LogP contribution in [0.25, 0.3) is 0 Å². The molecule has 2 amide bonds. The number of carbonyl (C=O) groups is 1. The minimum Gasteiger partial charge on any atom is -0.324 e. The molecule has 0 aliphatic carbocycles. The van der Waals surface area contributed by atoms with Crippen molar-refractivity contribution in [3.63, 3.8) is 0 Å². The lowest BCUT2D eigenvalue weighted by Gasteiger charge is -2.11. The second kappa shape index (κ2) is 7.06. The maximum absolute atomic E-state index is 12.0. The van der Waals surface area contributed by atoms with Gasteiger partial charge in [-0.3, -0.25) is 0 Å². The smallest absolute Gasteiger partial charge is 0.323 e. The highest BCUT2D eigenvalue weighted by molar-refractivity contribution is 9.11. The molecule has 6 heteroatoms. The van der Waals surface area contributed by atoms with Crippen LogP contribution in [0, 0.1) is 0 Å². The van der Waals surface area contributed by atoms with Crippen LogP contribution >= 0.6 is 31.9 Å². The van der Waals surface area contributed by atoms with Crippen molar-refractivity contribution in [1.82, 2.24) is 0 Å². The molecule has 0 radical (unpaired) electrons. The van der Waals surface area contributed by atoms with Gasteiger partial charge in [0.2, 0.25) is 0 Å². The van der Waals surface area contributed by atoms with Crippen LogP contribution in [0.1, 0.15) is 18.5 Å². The molecule has 0 saturated heterocycles. The van der Waals surface area contributed by atoms with Crippen molar-refractivity contribution >= 4 is 49.3 Å². The Labute approximate surface area is 140 Å². The lowest BCUT2D eigenvalue weighted by atomic mass is 10.1. The highest BCUT2D eigenvalue weighted by Gasteiger charge is 2.07. The Morgan fingerprint density at radius 3 is 2.38 bits per heavy atom. The number of rotatable bonds is 3. The van der Waals surface area contributed by atoms with Crippen molar-refractivity contribution in [3.8, 4) is 0 Å². The van der Waals surface area contributed by atoms with E-state index in [1.54, 1.807) is 0 Å². The fraction of sp³-hybridized carbons (Fsp3) is 0.133. The number of halogens is 2. The molecular weight excluding hydrogens is 398 g/mol. The molecule has 0 bridgehead atoms. The van der Waals surface area contributed by atoms with E-state index >= 15 is 0 Å². The fourth-order valence-electron chi connectivity index (χ4n) is 1.75. The summed E-state index contributed by atoms with van der Waals surface area (Å²) in [7, 11) is 0. The van der Waals surface area contributed by atoms with Crippen LogP contribution in [-0.2, 0) is 0 Å². The number of hydrogen-bond acceptors (Lipinski definition) is 2. The van der Waals surface area contributed by atoms with Gasteiger partial charge in [0.1, 0.15) is 0 Å². The highest BCUT2D eigenvalue weighted by atomic mass is 79.9. The molecule has 0 fully saturated rings. The molecule has 2 aromatic carbocycles. The summed E-state index contributed by atoms with van der Waals surface area (Å²) in [6.07, 6.45) is 0. The Bertz CT molecular complexity index is 642. The van der Waals surface area contributed by atoms with E-state index in [1.807, 2.05) is 49.4 Å². The summed E-state index contributed by atoms with van der Waals surface area (Å²) in [5.74, 6) is 0. The summed E-state index contributed by atoms with van der Waals surface area (Å²) in [5.41, 5.74) is 8.21. The standard InChI is InChI=1S/C15H15Br2N3O/c1-9(18)10-2-5-12(6-3-10)19-15(21)20-14-8-11(16)4-7-13(14)17/h2-9H,18H2,1H3,(H2,19,20,21). The number of urea groups is 1. The van der Waals surface area contributed by atoms with E-state index in [0.717, 1.165) is 14.5 Å². The van der Waals surface area contributed by atoms with Gasteiger partial charge in [0, 0.05) is 20.7 Å².